The fourth-order valence-corrected chi connectivity index (χ4v) is 2.79. The van der Waals surface area contributed by atoms with E-state index in [0.29, 0.717) is 0 Å². The van der Waals surface area contributed by atoms with Gasteiger partial charge in [-0.3, -0.25) is 10.00 Å². The third kappa shape index (κ3) is 2.30. The molecular formula is C13H21N3O2. The third-order valence-corrected chi connectivity index (χ3v) is 4.19. The number of rotatable bonds is 6. The van der Waals surface area contributed by atoms with Crippen molar-refractivity contribution in [2.45, 2.75) is 31.8 Å². The van der Waals surface area contributed by atoms with E-state index in [9.17, 15) is 5.11 Å². The molecule has 1 aromatic rings. The molecule has 0 bridgehead atoms. The minimum Gasteiger partial charge on any atom is -0.394 e. The summed E-state index contributed by atoms with van der Waals surface area (Å²) in [4.78, 5) is 2.25. The number of fused-ring (bicyclic) bond motifs is 1. The van der Waals surface area contributed by atoms with Gasteiger partial charge in [-0.2, -0.15) is 5.10 Å². The standard InChI is InChI=1S/C13H21N3O2/c17-8-13-11-6-14-15-12(11)7-16(13)4-5-18-9-10-2-1-3-10/h6,10,13,17H,1-5,7-9H2,(H,14,15)/t13-/m0/s1. The van der Waals surface area contributed by atoms with Crippen LogP contribution in [-0.4, -0.2) is 46.6 Å². The Hall–Kier alpha value is -0.910. The first-order chi connectivity index (χ1) is 8.88. The second-order valence-corrected chi connectivity index (χ2v) is 5.34. The van der Waals surface area contributed by atoms with Crippen LogP contribution >= 0.6 is 0 Å². The van der Waals surface area contributed by atoms with Crippen molar-refractivity contribution in [2.24, 2.45) is 5.92 Å². The molecule has 1 aliphatic carbocycles. The molecule has 5 heteroatoms. The van der Waals surface area contributed by atoms with Gasteiger partial charge < -0.3 is 9.84 Å². The Labute approximate surface area is 107 Å². The summed E-state index contributed by atoms with van der Waals surface area (Å²) in [5.41, 5.74) is 2.27. The van der Waals surface area contributed by atoms with Crippen molar-refractivity contribution < 1.29 is 9.84 Å². The maximum absolute atomic E-state index is 9.47. The van der Waals surface area contributed by atoms with E-state index >= 15 is 0 Å². The van der Waals surface area contributed by atoms with Crippen molar-refractivity contribution in [3.8, 4) is 0 Å². The molecule has 0 amide bonds. The predicted molar refractivity (Wildman–Crippen MR) is 67.0 cm³/mol. The fourth-order valence-electron chi connectivity index (χ4n) is 2.79. The smallest absolute Gasteiger partial charge is 0.0630 e. The first-order valence-electron chi connectivity index (χ1n) is 6.83. The van der Waals surface area contributed by atoms with Crippen LogP contribution in [0.2, 0.25) is 0 Å². The Morgan fingerprint density at radius 1 is 1.50 bits per heavy atom. The van der Waals surface area contributed by atoms with Crippen LogP contribution in [0, 0.1) is 5.92 Å². The number of nitrogens with one attached hydrogen (secondary N) is 1. The number of aromatic amines is 1. The van der Waals surface area contributed by atoms with Crippen molar-refractivity contribution in [1.82, 2.24) is 15.1 Å². The van der Waals surface area contributed by atoms with Gasteiger partial charge in [0.25, 0.3) is 0 Å². The molecule has 0 radical (unpaired) electrons. The molecule has 1 aromatic heterocycles. The topological polar surface area (TPSA) is 61.4 Å². The van der Waals surface area contributed by atoms with Gasteiger partial charge in [0, 0.05) is 25.3 Å². The number of H-pyrrole nitrogens is 1. The van der Waals surface area contributed by atoms with Crippen molar-refractivity contribution >= 4 is 0 Å². The van der Waals surface area contributed by atoms with Gasteiger partial charge in [0.15, 0.2) is 0 Å². The van der Waals surface area contributed by atoms with Gasteiger partial charge in [-0.15, -0.1) is 0 Å². The predicted octanol–water partition coefficient (Wildman–Crippen LogP) is 1.08. The minimum absolute atomic E-state index is 0.0889. The molecule has 1 fully saturated rings. The lowest BCUT2D eigenvalue weighted by molar-refractivity contribution is 0.0398. The van der Waals surface area contributed by atoms with Crippen LogP contribution in [-0.2, 0) is 11.3 Å². The van der Waals surface area contributed by atoms with Gasteiger partial charge in [0.05, 0.1) is 31.1 Å². The molecule has 1 saturated carbocycles. The molecule has 2 aliphatic rings. The summed E-state index contributed by atoms with van der Waals surface area (Å²) in [5.74, 6) is 0.800. The highest BCUT2D eigenvalue weighted by molar-refractivity contribution is 5.25. The van der Waals surface area contributed by atoms with E-state index in [0.717, 1.165) is 43.5 Å². The van der Waals surface area contributed by atoms with Gasteiger partial charge in [0.2, 0.25) is 0 Å². The summed E-state index contributed by atoms with van der Waals surface area (Å²) in [5, 5.41) is 16.5. The average Bonchev–Trinajstić information content (AvgIpc) is 2.85. The lowest BCUT2D eigenvalue weighted by atomic mass is 9.86. The highest BCUT2D eigenvalue weighted by Gasteiger charge is 2.30. The minimum atomic E-state index is 0.0889. The fraction of sp³-hybridized carbons (Fsp3) is 0.769. The van der Waals surface area contributed by atoms with Crippen molar-refractivity contribution in [1.29, 1.82) is 0 Å². The molecule has 2 heterocycles. The number of ether oxygens (including phenoxy) is 1. The van der Waals surface area contributed by atoms with E-state index in [1.807, 2.05) is 6.20 Å². The normalized spacial score (nSPS) is 24.2. The number of aliphatic hydroxyl groups excluding tert-OH is 1. The Morgan fingerprint density at radius 3 is 3.11 bits per heavy atom. The zero-order valence-electron chi connectivity index (χ0n) is 10.6. The van der Waals surface area contributed by atoms with E-state index in [1.165, 1.54) is 19.3 Å². The second kappa shape index (κ2) is 5.38. The van der Waals surface area contributed by atoms with Crippen LogP contribution in [0.1, 0.15) is 36.6 Å². The molecule has 0 unspecified atom stereocenters. The maximum atomic E-state index is 9.47. The zero-order valence-corrected chi connectivity index (χ0v) is 10.6. The third-order valence-electron chi connectivity index (χ3n) is 4.19. The quantitative estimate of drug-likeness (QED) is 0.743. The van der Waals surface area contributed by atoms with E-state index in [2.05, 4.69) is 15.1 Å². The highest BCUT2D eigenvalue weighted by atomic mass is 16.5. The molecule has 0 spiro atoms. The number of hydrogen-bond donors (Lipinski definition) is 2. The van der Waals surface area contributed by atoms with Gasteiger partial charge in [-0.1, -0.05) is 6.42 Å². The van der Waals surface area contributed by atoms with E-state index in [4.69, 9.17) is 4.74 Å². The SMILES string of the molecule is OC[C@H]1c2cn[nH]c2CN1CCOCC1CCC1. The molecule has 5 nitrogen and oxygen atoms in total. The summed E-state index contributed by atoms with van der Waals surface area (Å²) in [6.45, 7) is 3.53. The van der Waals surface area contributed by atoms with Gasteiger partial charge in [-0.25, -0.2) is 0 Å². The van der Waals surface area contributed by atoms with Gasteiger partial charge in [-0.05, 0) is 18.8 Å². The van der Waals surface area contributed by atoms with Gasteiger partial charge in [0.1, 0.15) is 0 Å². The molecule has 0 aromatic carbocycles. The summed E-state index contributed by atoms with van der Waals surface area (Å²) in [6.07, 6.45) is 5.86. The van der Waals surface area contributed by atoms with Crippen LogP contribution in [0.5, 0.6) is 0 Å². The van der Waals surface area contributed by atoms with Crippen LogP contribution in [0.25, 0.3) is 0 Å². The first-order valence-corrected chi connectivity index (χ1v) is 6.83. The first kappa shape index (κ1) is 12.1. The van der Waals surface area contributed by atoms with E-state index in [-0.39, 0.29) is 12.6 Å². The Morgan fingerprint density at radius 2 is 2.39 bits per heavy atom. The number of aromatic nitrogens is 2. The Balaban J connectivity index is 1.44. The molecule has 1 aliphatic heterocycles. The molecular weight excluding hydrogens is 230 g/mol. The zero-order chi connectivity index (χ0) is 12.4. The molecule has 1 atom stereocenters. The molecule has 0 saturated heterocycles. The molecule has 2 N–H and O–H groups in total. The molecule has 100 valence electrons. The largest absolute Gasteiger partial charge is 0.394 e. The van der Waals surface area contributed by atoms with Crippen molar-refractivity contribution in [3.63, 3.8) is 0 Å². The summed E-state index contributed by atoms with van der Waals surface area (Å²) in [6, 6.07) is 0.0889. The maximum Gasteiger partial charge on any atom is 0.0630 e. The summed E-state index contributed by atoms with van der Waals surface area (Å²) in [7, 11) is 0. The summed E-state index contributed by atoms with van der Waals surface area (Å²) < 4.78 is 5.72. The summed E-state index contributed by atoms with van der Waals surface area (Å²) >= 11 is 0. The van der Waals surface area contributed by atoms with Crippen LogP contribution in [0.15, 0.2) is 6.20 Å². The van der Waals surface area contributed by atoms with Crippen LogP contribution < -0.4 is 0 Å². The average molecular weight is 251 g/mol. The highest BCUT2D eigenvalue weighted by Crippen LogP contribution is 2.31. The number of aliphatic hydroxyl groups is 1. The van der Waals surface area contributed by atoms with Crippen LogP contribution in [0.4, 0.5) is 0 Å². The molecule has 18 heavy (non-hydrogen) atoms. The van der Waals surface area contributed by atoms with Crippen molar-refractivity contribution in [2.75, 3.05) is 26.4 Å². The van der Waals surface area contributed by atoms with Crippen molar-refractivity contribution in [3.05, 3.63) is 17.5 Å². The lowest BCUT2D eigenvalue weighted by Gasteiger charge is -2.26. The monoisotopic (exact) mass is 251 g/mol. The van der Waals surface area contributed by atoms with Gasteiger partial charge >= 0.3 is 0 Å². The van der Waals surface area contributed by atoms with E-state index in [1.54, 1.807) is 0 Å². The molecule has 3 rings (SSSR count). The Bertz CT molecular complexity index is 389. The van der Waals surface area contributed by atoms with E-state index < -0.39 is 0 Å². The Kier molecular flexibility index (Phi) is 3.63. The second-order valence-electron chi connectivity index (χ2n) is 5.34. The number of hydrogen-bond acceptors (Lipinski definition) is 4. The van der Waals surface area contributed by atoms with Crippen LogP contribution in [0.3, 0.4) is 0 Å². The number of nitrogens with zero attached hydrogens (tertiary/aromatic N) is 2. The lowest BCUT2D eigenvalue weighted by Crippen LogP contribution is -2.29.